The van der Waals surface area contributed by atoms with Crippen molar-refractivity contribution < 1.29 is 0 Å². The molecule has 10 nitrogen and oxygen atoms in total. The van der Waals surface area contributed by atoms with E-state index in [1.54, 1.807) is 0 Å². The highest BCUT2D eigenvalue weighted by molar-refractivity contribution is 6.17. The molecule has 0 saturated heterocycles. The van der Waals surface area contributed by atoms with E-state index in [2.05, 4.69) is 418 Å². The summed E-state index contributed by atoms with van der Waals surface area (Å²) in [7, 11) is 0. The van der Waals surface area contributed by atoms with Crippen LogP contribution in [0, 0.1) is 0 Å². The van der Waals surface area contributed by atoms with Crippen LogP contribution in [0.3, 0.4) is 0 Å². The summed E-state index contributed by atoms with van der Waals surface area (Å²) in [5.41, 5.74) is 39.0. The summed E-state index contributed by atoms with van der Waals surface area (Å²) in [6, 6.07) is 166. The van der Waals surface area contributed by atoms with Crippen LogP contribution in [0.25, 0.3) is 245 Å². The fourth-order valence-corrected chi connectivity index (χ4v) is 22.8. The van der Waals surface area contributed by atoms with Crippen LogP contribution in [0.5, 0.6) is 0 Å². The second kappa shape index (κ2) is 36.1. The summed E-state index contributed by atoms with van der Waals surface area (Å²) in [5.74, 6) is 3.36. The minimum Gasteiger partial charge on any atom is -0.247 e. The number of aromatic nitrogens is 10. The van der Waals surface area contributed by atoms with Gasteiger partial charge in [0, 0.05) is 115 Å². The number of nitrogens with zero attached hydrogens (tertiary/aromatic N) is 10. The number of hydrogen-bond donors (Lipinski definition) is 0. The number of benzene rings is 19. The van der Waals surface area contributed by atoms with Crippen LogP contribution in [-0.2, 0) is 16.2 Å². The van der Waals surface area contributed by atoms with Gasteiger partial charge in [0.25, 0.3) is 0 Å². The van der Waals surface area contributed by atoms with Gasteiger partial charge in [-0.3, -0.25) is 0 Å². The van der Waals surface area contributed by atoms with Crippen molar-refractivity contribution >= 4 is 65.0 Å². The monoisotopic (exact) mass is 1880 g/mol. The highest BCUT2D eigenvalue weighted by Gasteiger charge is 2.44. The lowest BCUT2D eigenvalue weighted by Crippen LogP contribution is -2.16. The van der Waals surface area contributed by atoms with Gasteiger partial charge in [0.15, 0.2) is 29.1 Å². The molecule has 0 aliphatic heterocycles. The largest absolute Gasteiger partial charge is 0.247 e. The van der Waals surface area contributed by atoms with E-state index in [1.807, 2.05) is 97.1 Å². The molecular weight excluding hydrogens is 1790 g/mol. The molecule has 3 aliphatic rings. The second-order valence-corrected chi connectivity index (χ2v) is 39.9. The van der Waals surface area contributed by atoms with E-state index in [-0.39, 0.29) is 16.2 Å². The van der Waals surface area contributed by atoms with E-state index in [0.29, 0.717) is 29.1 Å². The Morgan fingerprint density at radius 2 is 0.381 bits per heavy atom. The molecule has 3 aliphatic carbocycles. The Labute approximate surface area is 853 Å². The second-order valence-electron chi connectivity index (χ2n) is 39.9. The Kier molecular flexibility index (Phi) is 21.7. The SMILES string of the molecule is CC1(C)c2ccccc2-c2nc3c(ccc4ccccc43)c(-c3cccc(-c4cc(-c5ccccc5)nc(-c5ccc(-c6ccccc6)cc5)n4)c3)c21.CC1(C)c2ccccc2-c2nc3c(ccc4ccccc43)c(-c3cccc(-c4cc(-c5ccccc5)nc(-c5ccccc5)n4)c3)c21.CC1(C)c2ccccc2-c2nc3c(ccc4ccccc43)c(-c3cccc(-c4nc(-c5ccccc5)nc(-c5ccccc5)n4)c3)c21. The summed E-state index contributed by atoms with van der Waals surface area (Å²) >= 11 is 0. The van der Waals surface area contributed by atoms with Crippen LogP contribution < -0.4 is 0 Å². The highest BCUT2D eigenvalue weighted by Crippen LogP contribution is 2.59. The van der Waals surface area contributed by atoms with E-state index in [0.717, 1.165) is 150 Å². The van der Waals surface area contributed by atoms with Crippen LogP contribution in [-0.4, -0.2) is 49.8 Å². The van der Waals surface area contributed by atoms with Crippen molar-refractivity contribution in [3.63, 3.8) is 0 Å². The molecule has 0 saturated carbocycles. The zero-order chi connectivity index (χ0) is 98.6. The smallest absolute Gasteiger partial charge is 0.164 e. The van der Waals surface area contributed by atoms with Gasteiger partial charge < -0.3 is 0 Å². The molecular formula is C137H96N10. The first kappa shape index (κ1) is 88.5. The normalized spacial score (nSPS) is 13.0. The van der Waals surface area contributed by atoms with Crippen LogP contribution in [0.15, 0.2) is 473 Å². The van der Waals surface area contributed by atoms with Crippen LogP contribution in [0.1, 0.15) is 74.9 Å². The molecule has 6 aromatic heterocycles. The molecule has 0 fully saturated rings. The van der Waals surface area contributed by atoms with Gasteiger partial charge in [-0.2, -0.15) is 0 Å². The summed E-state index contributed by atoms with van der Waals surface area (Å²) < 4.78 is 0. The number of rotatable bonds is 13. The van der Waals surface area contributed by atoms with E-state index in [9.17, 15) is 0 Å². The minimum atomic E-state index is -0.238. The number of pyridine rings is 3. The quantitative estimate of drug-likeness (QED) is 0.103. The number of fused-ring (bicyclic) bond motifs is 18. The predicted molar refractivity (Wildman–Crippen MR) is 606 cm³/mol. The summed E-state index contributed by atoms with van der Waals surface area (Å²) in [4.78, 5) is 51.9. The molecule has 28 rings (SSSR count). The maximum atomic E-state index is 5.48. The van der Waals surface area contributed by atoms with Crippen molar-refractivity contribution in [3.05, 3.63) is 507 Å². The lowest BCUT2D eigenvalue weighted by atomic mass is 9.78. The third kappa shape index (κ3) is 15.6. The van der Waals surface area contributed by atoms with Crippen LogP contribution in [0.2, 0.25) is 0 Å². The Morgan fingerprint density at radius 1 is 0.150 bits per heavy atom. The van der Waals surface area contributed by atoms with E-state index < -0.39 is 0 Å². The topological polar surface area (TPSA) is 129 Å². The Hall–Kier alpha value is -18.6. The first-order valence-corrected chi connectivity index (χ1v) is 50.3. The zero-order valence-corrected chi connectivity index (χ0v) is 82.0. The molecule has 147 heavy (non-hydrogen) atoms. The molecule has 6 heterocycles. The predicted octanol–water partition coefficient (Wildman–Crippen LogP) is 34.5. The lowest BCUT2D eigenvalue weighted by Gasteiger charge is -2.25. The molecule has 10 heteroatoms. The van der Waals surface area contributed by atoms with Crippen molar-refractivity contribution in [1.29, 1.82) is 0 Å². The molecule has 0 amide bonds. The third-order valence-corrected chi connectivity index (χ3v) is 30.0. The fourth-order valence-electron chi connectivity index (χ4n) is 22.8. The molecule has 0 N–H and O–H groups in total. The Morgan fingerprint density at radius 3 is 0.721 bits per heavy atom. The van der Waals surface area contributed by atoms with E-state index >= 15 is 0 Å². The van der Waals surface area contributed by atoms with Gasteiger partial charge in [-0.15, -0.1) is 0 Å². The van der Waals surface area contributed by atoms with Crippen LogP contribution >= 0.6 is 0 Å². The molecule has 694 valence electrons. The standard InChI is InChI=1S/C50H35N3.C44H31N3.C43H30N4/c1-50(2)42-23-12-11-22-40(42)48-46(50)45(41-29-28-34-16-9-10-21-39(34)47(41)53-48)38-20-13-19-37(30-38)44-31-43(35-17-7-4-8-18-35)51-49(52-44)36-26-24-33(25-27-36)32-14-5-3-6-15-32;1-44(2)36-23-12-11-22-34(36)42-40(44)39(35-25-24-28-14-9-10-21-33(28)41(35)47-42)32-20-13-19-31(26-32)38-27-37(29-15-5-3-6-16-29)45-43(46-38)30-17-7-4-8-18-30;1-43(2)35-23-12-11-22-33(35)39-37(43)36(34-25-24-27-14-9-10-21-32(27)38(34)44-39)30-19-13-20-31(26-30)42-46-40(28-15-5-3-6-16-28)45-41(47-42)29-17-7-4-8-18-29/h3-31H,1-2H3;3-27H,1-2H3;3-26H,1-2H3. The first-order valence-electron chi connectivity index (χ1n) is 50.3. The first-order chi connectivity index (χ1) is 72.1. The van der Waals surface area contributed by atoms with Crippen molar-refractivity contribution in [2.75, 3.05) is 0 Å². The molecule has 0 atom stereocenters. The maximum Gasteiger partial charge on any atom is 0.164 e. The number of hydrogen-bond acceptors (Lipinski definition) is 10. The molecule has 0 spiro atoms. The Bertz CT molecular complexity index is 9080. The molecule has 0 unspecified atom stereocenters. The van der Waals surface area contributed by atoms with Gasteiger partial charge in [-0.1, -0.05) is 484 Å². The minimum absolute atomic E-state index is 0.222. The highest BCUT2D eigenvalue weighted by atomic mass is 15.0. The zero-order valence-electron chi connectivity index (χ0n) is 82.0. The molecule has 0 radical (unpaired) electrons. The lowest BCUT2D eigenvalue weighted by molar-refractivity contribution is 0.661. The van der Waals surface area contributed by atoms with Crippen molar-refractivity contribution in [1.82, 2.24) is 49.8 Å². The van der Waals surface area contributed by atoms with Gasteiger partial charge in [-0.25, -0.2) is 49.8 Å². The van der Waals surface area contributed by atoms with Crippen molar-refractivity contribution in [2.45, 2.75) is 57.8 Å². The van der Waals surface area contributed by atoms with Gasteiger partial charge in [0.05, 0.1) is 56.4 Å². The maximum absolute atomic E-state index is 5.48. The van der Waals surface area contributed by atoms with Crippen LogP contribution in [0.4, 0.5) is 0 Å². The van der Waals surface area contributed by atoms with Gasteiger partial charge in [0.1, 0.15) is 0 Å². The average Bonchev–Trinajstić information content (AvgIpc) is 1.56. The van der Waals surface area contributed by atoms with Gasteiger partial charge in [0.2, 0.25) is 0 Å². The molecule has 19 aromatic carbocycles. The van der Waals surface area contributed by atoms with Crippen molar-refractivity contribution in [2.24, 2.45) is 0 Å². The van der Waals surface area contributed by atoms with Gasteiger partial charge >= 0.3 is 0 Å². The summed E-state index contributed by atoms with van der Waals surface area (Å²) in [5, 5.41) is 10.5. The van der Waals surface area contributed by atoms with Crippen molar-refractivity contribution in [3.8, 4) is 180 Å². The Balaban J connectivity index is 0.000000112. The molecule has 0 bridgehead atoms. The fraction of sp³-hybridized carbons (Fsp3) is 0.0657. The van der Waals surface area contributed by atoms with Gasteiger partial charge in [-0.05, 0) is 124 Å². The van der Waals surface area contributed by atoms with E-state index in [1.165, 1.54) is 99.3 Å². The molecule has 25 aromatic rings. The summed E-state index contributed by atoms with van der Waals surface area (Å²) in [6.45, 7) is 14.0. The van der Waals surface area contributed by atoms with E-state index in [4.69, 9.17) is 49.8 Å². The average molecular weight is 1880 g/mol. The summed E-state index contributed by atoms with van der Waals surface area (Å²) in [6.07, 6.45) is 0. The third-order valence-electron chi connectivity index (χ3n) is 30.0.